The third-order valence-corrected chi connectivity index (χ3v) is 4.06. The van der Waals surface area contributed by atoms with Gasteiger partial charge in [-0.3, -0.25) is 4.90 Å². The van der Waals surface area contributed by atoms with Crippen molar-refractivity contribution in [2.75, 3.05) is 6.54 Å². The number of benzene rings is 1. The molecule has 2 aromatic rings. The van der Waals surface area contributed by atoms with E-state index in [1.54, 1.807) is 18.5 Å². The summed E-state index contributed by atoms with van der Waals surface area (Å²) >= 11 is 0. The summed E-state index contributed by atoms with van der Waals surface area (Å²) in [7, 11) is 0. The molecule has 0 aliphatic carbocycles. The zero-order valence-electron chi connectivity index (χ0n) is 11.6. The summed E-state index contributed by atoms with van der Waals surface area (Å²) < 4.78 is 13.0. The average molecular weight is 273 g/mol. The van der Waals surface area contributed by atoms with Crippen molar-refractivity contribution in [3.63, 3.8) is 0 Å². The number of aromatic nitrogens is 2. The molecule has 1 aromatic carbocycles. The number of piperidine rings is 1. The number of H-pyrrole nitrogens is 1. The molecule has 0 bridgehead atoms. The zero-order valence-corrected chi connectivity index (χ0v) is 11.6. The van der Waals surface area contributed by atoms with Crippen molar-refractivity contribution >= 4 is 0 Å². The Balaban J connectivity index is 1.67. The lowest BCUT2D eigenvalue weighted by atomic mass is 9.95. The van der Waals surface area contributed by atoms with Crippen LogP contribution >= 0.6 is 0 Å². The predicted molar refractivity (Wildman–Crippen MR) is 76.7 cm³/mol. The van der Waals surface area contributed by atoms with Crippen molar-refractivity contribution in [1.82, 2.24) is 14.9 Å². The Kier molecular flexibility index (Phi) is 4.11. The Labute approximate surface area is 118 Å². The van der Waals surface area contributed by atoms with Crippen molar-refractivity contribution in [3.05, 3.63) is 53.9 Å². The fourth-order valence-electron chi connectivity index (χ4n) is 2.98. The van der Waals surface area contributed by atoms with Gasteiger partial charge in [-0.25, -0.2) is 9.37 Å². The fourth-order valence-corrected chi connectivity index (χ4v) is 2.98. The van der Waals surface area contributed by atoms with Crippen LogP contribution in [0.4, 0.5) is 4.39 Å². The first kappa shape index (κ1) is 13.3. The van der Waals surface area contributed by atoms with E-state index in [0.29, 0.717) is 6.04 Å². The first-order chi connectivity index (χ1) is 9.81. The second-order valence-electron chi connectivity index (χ2n) is 5.53. The maximum Gasteiger partial charge on any atom is 0.123 e. The molecule has 1 aliphatic rings. The predicted octanol–water partition coefficient (Wildman–Crippen LogP) is 3.15. The van der Waals surface area contributed by atoms with Crippen molar-refractivity contribution < 1.29 is 4.39 Å². The van der Waals surface area contributed by atoms with E-state index in [1.165, 1.54) is 24.8 Å². The summed E-state index contributed by atoms with van der Waals surface area (Å²) in [5.41, 5.74) is 2.38. The molecular weight excluding hydrogens is 253 g/mol. The molecule has 1 aliphatic heterocycles. The molecular formula is C16H20FN3. The van der Waals surface area contributed by atoms with E-state index in [0.717, 1.165) is 25.2 Å². The van der Waals surface area contributed by atoms with Gasteiger partial charge in [-0.1, -0.05) is 18.6 Å². The lowest BCUT2D eigenvalue weighted by molar-refractivity contribution is 0.137. The maximum atomic E-state index is 13.0. The van der Waals surface area contributed by atoms with Crippen molar-refractivity contribution in [1.29, 1.82) is 0 Å². The number of nitrogens with one attached hydrogen (secondary N) is 1. The van der Waals surface area contributed by atoms with E-state index in [2.05, 4.69) is 14.9 Å². The monoisotopic (exact) mass is 273 g/mol. The highest BCUT2D eigenvalue weighted by Gasteiger charge is 2.22. The summed E-state index contributed by atoms with van der Waals surface area (Å²) in [5, 5.41) is 0. The molecule has 1 saturated heterocycles. The van der Waals surface area contributed by atoms with E-state index < -0.39 is 0 Å². The molecule has 1 fully saturated rings. The van der Waals surface area contributed by atoms with Gasteiger partial charge in [0.15, 0.2) is 0 Å². The van der Waals surface area contributed by atoms with Crippen molar-refractivity contribution in [2.45, 2.75) is 38.3 Å². The van der Waals surface area contributed by atoms with Crippen LogP contribution in [0.15, 0.2) is 36.8 Å². The summed E-state index contributed by atoms with van der Waals surface area (Å²) in [6.45, 7) is 2.05. The molecule has 20 heavy (non-hydrogen) atoms. The number of imidazole rings is 1. The minimum atomic E-state index is -0.160. The van der Waals surface area contributed by atoms with Gasteiger partial charge in [0, 0.05) is 24.5 Å². The lowest BCUT2D eigenvalue weighted by Crippen LogP contribution is -2.40. The van der Waals surface area contributed by atoms with Gasteiger partial charge in [-0.2, -0.15) is 0 Å². The Morgan fingerprint density at radius 3 is 2.85 bits per heavy atom. The van der Waals surface area contributed by atoms with Gasteiger partial charge < -0.3 is 4.98 Å². The maximum absolute atomic E-state index is 13.0. The van der Waals surface area contributed by atoms with Gasteiger partial charge in [0.05, 0.1) is 6.33 Å². The molecule has 3 nitrogen and oxygen atoms in total. The molecule has 0 spiro atoms. The SMILES string of the molecule is Fc1ccc(CC2CCCCN2Cc2cnc[nH]2)cc1. The third-order valence-electron chi connectivity index (χ3n) is 4.06. The largest absolute Gasteiger partial charge is 0.347 e. The van der Waals surface area contributed by atoms with Crippen LogP contribution in [0.2, 0.25) is 0 Å². The quantitative estimate of drug-likeness (QED) is 0.928. The minimum Gasteiger partial charge on any atom is -0.347 e. The summed E-state index contributed by atoms with van der Waals surface area (Å²) in [4.78, 5) is 9.77. The lowest BCUT2D eigenvalue weighted by Gasteiger charge is -2.35. The molecule has 0 amide bonds. The smallest absolute Gasteiger partial charge is 0.123 e. The Bertz CT molecular complexity index is 521. The number of rotatable bonds is 4. The molecule has 1 unspecified atom stereocenters. The van der Waals surface area contributed by atoms with Crippen LogP contribution in [-0.4, -0.2) is 27.5 Å². The van der Waals surface area contributed by atoms with Crippen LogP contribution in [-0.2, 0) is 13.0 Å². The number of nitrogens with zero attached hydrogens (tertiary/aromatic N) is 2. The van der Waals surface area contributed by atoms with Gasteiger partial charge in [-0.05, 0) is 43.5 Å². The highest BCUT2D eigenvalue weighted by molar-refractivity contribution is 5.17. The van der Waals surface area contributed by atoms with Crippen LogP contribution in [0.5, 0.6) is 0 Å². The standard InChI is InChI=1S/C16H20FN3/c17-14-6-4-13(5-7-14)9-16-3-1-2-8-20(16)11-15-10-18-12-19-15/h4-7,10,12,16H,1-3,8-9,11H2,(H,18,19). The van der Waals surface area contributed by atoms with Crippen LogP contribution in [0, 0.1) is 5.82 Å². The van der Waals surface area contributed by atoms with Crippen molar-refractivity contribution in [3.8, 4) is 0 Å². The first-order valence-corrected chi connectivity index (χ1v) is 7.27. The van der Waals surface area contributed by atoms with Crippen LogP contribution in [0.3, 0.4) is 0 Å². The summed E-state index contributed by atoms with van der Waals surface area (Å²) in [5.74, 6) is -0.160. The van der Waals surface area contributed by atoms with Crippen molar-refractivity contribution in [2.24, 2.45) is 0 Å². The molecule has 106 valence electrons. The zero-order chi connectivity index (χ0) is 13.8. The number of hydrogen-bond acceptors (Lipinski definition) is 2. The van der Waals surface area contributed by atoms with E-state index in [-0.39, 0.29) is 5.82 Å². The second kappa shape index (κ2) is 6.18. The minimum absolute atomic E-state index is 0.160. The molecule has 4 heteroatoms. The van der Waals surface area contributed by atoms with E-state index in [1.807, 2.05) is 18.3 Å². The fraction of sp³-hybridized carbons (Fsp3) is 0.438. The molecule has 1 N–H and O–H groups in total. The van der Waals surface area contributed by atoms with Crippen LogP contribution in [0.1, 0.15) is 30.5 Å². The second-order valence-corrected chi connectivity index (χ2v) is 5.53. The normalized spacial score (nSPS) is 20.1. The molecule has 0 saturated carbocycles. The van der Waals surface area contributed by atoms with Gasteiger partial charge in [-0.15, -0.1) is 0 Å². The molecule has 1 atom stereocenters. The third kappa shape index (κ3) is 3.25. The number of aromatic amines is 1. The van der Waals surface area contributed by atoms with Gasteiger partial charge in [0.2, 0.25) is 0 Å². The highest BCUT2D eigenvalue weighted by Crippen LogP contribution is 2.22. The number of likely N-dealkylation sites (tertiary alicyclic amines) is 1. The number of hydrogen-bond donors (Lipinski definition) is 1. The molecule has 1 aromatic heterocycles. The van der Waals surface area contributed by atoms with Gasteiger partial charge in [0.25, 0.3) is 0 Å². The van der Waals surface area contributed by atoms with E-state index in [4.69, 9.17) is 0 Å². The summed E-state index contributed by atoms with van der Waals surface area (Å²) in [6, 6.07) is 7.45. The topological polar surface area (TPSA) is 31.9 Å². The van der Waals surface area contributed by atoms with Gasteiger partial charge >= 0.3 is 0 Å². The van der Waals surface area contributed by atoms with E-state index in [9.17, 15) is 4.39 Å². The van der Waals surface area contributed by atoms with E-state index >= 15 is 0 Å². The molecule has 3 rings (SSSR count). The Morgan fingerprint density at radius 1 is 1.25 bits per heavy atom. The Hall–Kier alpha value is -1.68. The molecule has 0 radical (unpaired) electrons. The highest BCUT2D eigenvalue weighted by atomic mass is 19.1. The average Bonchev–Trinajstić information content (AvgIpc) is 2.96. The van der Waals surface area contributed by atoms with Crippen LogP contribution in [0.25, 0.3) is 0 Å². The van der Waals surface area contributed by atoms with Gasteiger partial charge in [0.1, 0.15) is 5.82 Å². The molecule has 2 heterocycles. The Morgan fingerprint density at radius 2 is 2.10 bits per heavy atom. The number of halogens is 1. The first-order valence-electron chi connectivity index (χ1n) is 7.27. The van der Waals surface area contributed by atoms with Crippen LogP contribution < -0.4 is 0 Å². The summed E-state index contributed by atoms with van der Waals surface area (Å²) in [6.07, 6.45) is 8.37.